The maximum absolute atomic E-state index is 5.74. The molecular weight excluding hydrogens is 352 g/mol. The zero-order chi connectivity index (χ0) is 19.2. The van der Waals surface area contributed by atoms with Crippen LogP contribution in [0.15, 0.2) is 60.8 Å². The quantitative estimate of drug-likeness (QED) is 0.637. The van der Waals surface area contributed by atoms with E-state index in [2.05, 4.69) is 44.5 Å². The third-order valence-corrected chi connectivity index (χ3v) is 4.79. The van der Waals surface area contributed by atoms with E-state index >= 15 is 0 Å². The number of aromatic nitrogens is 2. The van der Waals surface area contributed by atoms with Crippen LogP contribution in [-0.2, 0) is 13.0 Å². The molecule has 28 heavy (non-hydrogen) atoms. The molecule has 0 unspecified atom stereocenters. The van der Waals surface area contributed by atoms with Crippen LogP contribution in [0.5, 0.6) is 11.5 Å². The normalized spacial score (nSPS) is 13.0. The molecule has 0 saturated carbocycles. The number of benzene rings is 2. The predicted octanol–water partition coefficient (Wildman–Crippen LogP) is 3.54. The van der Waals surface area contributed by atoms with Gasteiger partial charge in [-0.2, -0.15) is 4.98 Å². The molecule has 6 heteroatoms. The topological polar surface area (TPSA) is 59.5 Å². The molecule has 6 nitrogen and oxygen atoms in total. The summed E-state index contributed by atoms with van der Waals surface area (Å²) in [7, 11) is 1.65. The molecule has 1 aromatic heterocycles. The SMILES string of the molecule is COc1ccc(OCCNc2ccnc(N3CCc4ccccc4C3)n2)cc1. The number of nitrogens with one attached hydrogen (secondary N) is 1. The molecule has 3 aromatic rings. The molecule has 1 aliphatic rings. The molecule has 0 bridgehead atoms. The molecule has 0 atom stereocenters. The average molecular weight is 376 g/mol. The van der Waals surface area contributed by atoms with Crippen LogP contribution in [0.3, 0.4) is 0 Å². The molecule has 0 spiro atoms. The van der Waals surface area contributed by atoms with Crippen LogP contribution in [-0.4, -0.2) is 36.8 Å². The van der Waals surface area contributed by atoms with Gasteiger partial charge in [-0.15, -0.1) is 0 Å². The molecule has 0 fully saturated rings. The van der Waals surface area contributed by atoms with E-state index in [1.54, 1.807) is 13.3 Å². The summed E-state index contributed by atoms with van der Waals surface area (Å²) < 4.78 is 10.9. The molecule has 1 aliphatic heterocycles. The van der Waals surface area contributed by atoms with Gasteiger partial charge in [-0.05, 0) is 47.9 Å². The summed E-state index contributed by atoms with van der Waals surface area (Å²) in [6, 6.07) is 18.0. The summed E-state index contributed by atoms with van der Waals surface area (Å²) >= 11 is 0. The Bertz CT molecular complexity index is 914. The van der Waals surface area contributed by atoms with Crippen molar-refractivity contribution in [2.75, 3.05) is 37.0 Å². The summed E-state index contributed by atoms with van der Waals surface area (Å²) in [6.07, 6.45) is 2.82. The van der Waals surface area contributed by atoms with Gasteiger partial charge in [-0.25, -0.2) is 4.98 Å². The lowest BCUT2D eigenvalue weighted by molar-refractivity contribution is 0.331. The number of fused-ring (bicyclic) bond motifs is 1. The van der Waals surface area contributed by atoms with E-state index in [0.29, 0.717) is 13.2 Å². The summed E-state index contributed by atoms with van der Waals surface area (Å²) in [4.78, 5) is 11.4. The first-order chi connectivity index (χ1) is 13.8. The number of anilines is 2. The minimum absolute atomic E-state index is 0.544. The fourth-order valence-electron chi connectivity index (χ4n) is 3.29. The summed E-state index contributed by atoms with van der Waals surface area (Å²) in [5.74, 6) is 3.20. The first-order valence-corrected chi connectivity index (χ1v) is 9.47. The minimum atomic E-state index is 0.544. The molecule has 1 N–H and O–H groups in total. The summed E-state index contributed by atoms with van der Waals surface area (Å²) in [5, 5.41) is 3.31. The largest absolute Gasteiger partial charge is 0.497 e. The molecule has 144 valence electrons. The van der Waals surface area contributed by atoms with Gasteiger partial charge < -0.3 is 19.7 Å². The highest BCUT2D eigenvalue weighted by atomic mass is 16.5. The van der Waals surface area contributed by atoms with E-state index in [9.17, 15) is 0 Å². The first-order valence-electron chi connectivity index (χ1n) is 9.47. The number of methoxy groups -OCH3 is 1. The third kappa shape index (κ3) is 4.34. The number of hydrogen-bond donors (Lipinski definition) is 1. The predicted molar refractivity (Wildman–Crippen MR) is 110 cm³/mol. The van der Waals surface area contributed by atoms with Gasteiger partial charge in [0.2, 0.25) is 5.95 Å². The first kappa shape index (κ1) is 18.1. The third-order valence-electron chi connectivity index (χ3n) is 4.79. The van der Waals surface area contributed by atoms with Gasteiger partial charge in [0.05, 0.1) is 13.7 Å². The molecule has 4 rings (SSSR count). The number of ether oxygens (including phenoxy) is 2. The second-order valence-electron chi connectivity index (χ2n) is 6.63. The summed E-state index contributed by atoms with van der Waals surface area (Å²) in [5.41, 5.74) is 2.77. The molecule has 0 radical (unpaired) electrons. The fourth-order valence-corrected chi connectivity index (χ4v) is 3.29. The van der Waals surface area contributed by atoms with E-state index < -0.39 is 0 Å². The second-order valence-corrected chi connectivity index (χ2v) is 6.63. The van der Waals surface area contributed by atoms with Gasteiger partial charge in [-0.1, -0.05) is 24.3 Å². The zero-order valence-corrected chi connectivity index (χ0v) is 16.0. The number of rotatable bonds is 7. The Morgan fingerprint density at radius 1 is 1.00 bits per heavy atom. The van der Waals surface area contributed by atoms with Crippen LogP contribution < -0.4 is 19.7 Å². The van der Waals surface area contributed by atoms with Crippen molar-refractivity contribution in [1.82, 2.24) is 9.97 Å². The van der Waals surface area contributed by atoms with Crippen LogP contribution in [0.4, 0.5) is 11.8 Å². The van der Waals surface area contributed by atoms with E-state index in [1.165, 1.54) is 11.1 Å². The molecule has 0 amide bonds. The average Bonchev–Trinajstić information content (AvgIpc) is 2.77. The van der Waals surface area contributed by atoms with Gasteiger partial charge in [0.25, 0.3) is 0 Å². The fraction of sp³-hybridized carbons (Fsp3) is 0.273. The van der Waals surface area contributed by atoms with E-state index in [4.69, 9.17) is 9.47 Å². The monoisotopic (exact) mass is 376 g/mol. The van der Waals surface area contributed by atoms with Crippen molar-refractivity contribution < 1.29 is 9.47 Å². The highest BCUT2D eigenvalue weighted by Gasteiger charge is 2.18. The molecule has 2 heterocycles. The Morgan fingerprint density at radius 2 is 1.79 bits per heavy atom. The van der Waals surface area contributed by atoms with Crippen molar-refractivity contribution in [2.24, 2.45) is 0 Å². The maximum Gasteiger partial charge on any atom is 0.227 e. The zero-order valence-electron chi connectivity index (χ0n) is 16.0. The smallest absolute Gasteiger partial charge is 0.227 e. The summed E-state index contributed by atoms with van der Waals surface area (Å²) in [6.45, 7) is 2.98. The van der Waals surface area contributed by atoms with Crippen LogP contribution in [0.25, 0.3) is 0 Å². The van der Waals surface area contributed by atoms with Crippen LogP contribution >= 0.6 is 0 Å². The minimum Gasteiger partial charge on any atom is -0.497 e. The lowest BCUT2D eigenvalue weighted by Crippen LogP contribution is -2.31. The van der Waals surface area contributed by atoms with Gasteiger partial charge in [-0.3, -0.25) is 0 Å². The Morgan fingerprint density at radius 3 is 2.61 bits per heavy atom. The number of hydrogen-bond acceptors (Lipinski definition) is 6. The van der Waals surface area contributed by atoms with E-state index in [-0.39, 0.29) is 0 Å². The van der Waals surface area contributed by atoms with E-state index in [0.717, 1.165) is 42.8 Å². The van der Waals surface area contributed by atoms with Crippen molar-refractivity contribution in [3.63, 3.8) is 0 Å². The second kappa shape index (κ2) is 8.61. The van der Waals surface area contributed by atoms with Gasteiger partial charge in [0.15, 0.2) is 0 Å². The van der Waals surface area contributed by atoms with Crippen LogP contribution in [0, 0.1) is 0 Å². The Hall–Kier alpha value is -3.28. The molecule has 0 saturated heterocycles. The Labute approximate surface area is 165 Å². The highest BCUT2D eigenvalue weighted by Crippen LogP contribution is 2.22. The van der Waals surface area contributed by atoms with Crippen LogP contribution in [0.2, 0.25) is 0 Å². The van der Waals surface area contributed by atoms with Crippen LogP contribution in [0.1, 0.15) is 11.1 Å². The van der Waals surface area contributed by atoms with Crippen molar-refractivity contribution >= 4 is 11.8 Å². The molecule has 0 aliphatic carbocycles. The lowest BCUT2D eigenvalue weighted by Gasteiger charge is -2.28. The lowest BCUT2D eigenvalue weighted by atomic mass is 10.0. The van der Waals surface area contributed by atoms with Crippen molar-refractivity contribution in [2.45, 2.75) is 13.0 Å². The standard InChI is InChI=1S/C22H24N4O2/c1-27-19-6-8-20(9-7-19)28-15-13-23-21-10-12-24-22(25-21)26-14-11-17-4-2-3-5-18(17)16-26/h2-10,12H,11,13-16H2,1H3,(H,23,24,25). The van der Waals surface area contributed by atoms with Crippen molar-refractivity contribution in [3.05, 3.63) is 71.9 Å². The molecule has 2 aromatic carbocycles. The maximum atomic E-state index is 5.74. The van der Waals surface area contributed by atoms with Gasteiger partial charge in [0, 0.05) is 19.3 Å². The van der Waals surface area contributed by atoms with Gasteiger partial charge in [0.1, 0.15) is 23.9 Å². The Kier molecular flexibility index (Phi) is 5.56. The highest BCUT2D eigenvalue weighted by molar-refractivity contribution is 5.44. The number of nitrogens with zero attached hydrogens (tertiary/aromatic N) is 3. The molecular formula is C22H24N4O2. The van der Waals surface area contributed by atoms with Crippen molar-refractivity contribution in [1.29, 1.82) is 0 Å². The Balaban J connectivity index is 1.30. The van der Waals surface area contributed by atoms with Gasteiger partial charge >= 0.3 is 0 Å². The van der Waals surface area contributed by atoms with E-state index in [1.807, 2.05) is 30.3 Å². The van der Waals surface area contributed by atoms with Crippen molar-refractivity contribution in [3.8, 4) is 11.5 Å².